The SMILES string of the molecule is Cc1ccc(CNCC2CCCCC2CO)cc1Cl. The summed E-state index contributed by atoms with van der Waals surface area (Å²) in [6, 6.07) is 6.23. The molecule has 2 unspecified atom stereocenters. The zero-order valence-corrected chi connectivity index (χ0v) is 12.4. The van der Waals surface area contributed by atoms with Gasteiger partial charge in [0.2, 0.25) is 0 Å². The average Bonchev–Trinajstić information content (AvgIpc) is 2.43. The van der Waals surface area contributed by atoms with E-state index in [1.807, 2.05) is 13.0 Å². The molecule has 0 heterocycles. The number of nitrogens with one attached hydrogen (secondary N) is 1. The van der Waals surface area contributed by atoms with E-state index < -0.39 is 0 Å². The highest BCUT2D eigenvalue weighted by Gasteiger charge is 2.23. The monoisotopic (exact) mass is 281 g/mol. The first kappa shape index (κ1) is 14.8. The zero-order valence-electron chi connectivity index (χ0n) is 11.7. The van der Waals surface area contributed by atoms with Crippen molar-refractivity contribution in [3.05, 3.63) is 34.3 Å². The first-order valence-electron chi connectivity index (χ1n) is 7.27. The van der Waals surface area contributed by atoms with E-state index in [0.29, 0.717) is 18.4 Å². The van der Waals surface area contributed by atoms with E-state index in [4.69, 9.17) is 11.6 Å². The van der Waals surface area contributed by atoms with Crippen molar-refractivity contribution in [2.75, 3.05) is 13.2 Å². The fraction of sp³-hybridized carbons (Fsp3) is 0.625. The standard InChI is InChI=1S/C16H24ClNO/c1-12-6-7-13(8-16(12)17)9-18-10-14-4-2-3-5-15(14)11-19/h6-8,14-15,18-19H,2-5,9-11H2,1H3. The summed E-state index contributed by atoms with van der Waals surface area (Å²) in [7, 11) is 0. The van der Waals surface area contributed by atoms with E-state index >= 15 is 0 Å². The summed E-state index contributed by atoms with van der Waals surface area (Å²) in [6.07, 6.45) is 5.00. The molecule has 0 bridgehead atoms. The number of rotatable bonds is 5. The molecule has 106 valence electrons. The van der Waals surface area contributed by atoms with E-state index in [2.05, 4.69) is 17.4 Å². The zero-order chi connectivity index (χ0) is 13.7. The van der Waals surface area contributed by atoms with Gasteiger partial charge in [0.05, 0.1) is 0 Å². The van der Waals surface area contributed by atoms with Crippen molar-refractivity contribution in [2.24, 2.45) is 11.8 Å². The van der Waals surface area contributed by atoms with Crippen molar-refractivity contribution in [3.8, 4) is 0 Å². The van der Waals surface area contributed by atoms with E-state index in [1.165, 1.54) is 31.2 Å². The van der Waals surface area contributed by atoms with Crippen LogP contribution in [0, 0.1) is 18.8 Å². The Hall–Kier alpha value is -0.570. The molecule has 1 aliphatic carbocycles. The number of aryl methyl sites for hydroxylation is 1. The summed E-state index contributed by atoms with van der Waals surface area (Å²) in [4.78, 5) is 0. The molecule has 0 aliphatic heterocycles. The summed E-state index contributed by atoms with van der Waals surface area (Å²) < 4.78 is 0. The molecule has 0 radical (unpaired) electrons. The summed E-state index contributed by atoms with van der Waals surface area (Å²) in [6.45, 7) is 4.21. The van der Waals surface area contributed by atoms with Crippen molar-refractivity contribution in [3.63, 3.8) is 0 Å². The van der Waals surface area contributed by atoms with Crippen LogP contribution >= 0.6 is 11.6 Å². The van der Waals surface area contributed by atoms with Gasteiger partial charge in [-0.1, -0.05) is 36.6 Å². The van der Waals surface area contributed by atoms with E-state index in [-0.39, 0.29) is 0 Å². The van der Waals surface area contributed by atoms with Crippen LogP contribution in [0.2, 0.25) is 5.02 Å². The maximum Gasteiger partial charge on any atom is 0.0462 e. The predicted molar refractivity (Wildman–Crippen MR) is 80.4 cm³/mol. The van der Waals surface area contributed by atoms with Gasteiger partial charge in [-0.25, -0.2) is 0 Å². The third-order valence-electron chi connectivity index (χ3n) is 4.27. The molecule has 1 aromatic rings. The van der Waals surface area contributed by atoms with E-state index in [1.54, 1.807) is 0 Å². The van der Waals surface area contributed by atoms with Crippen LogP contribution in [0.15, 0.2) is 18.2 Å². The smallest absolute Gasteiger partial charge is 0.0462 e. The average molecular weight is 282 g/mol. The lowest BCUT2D eigenvalue weighted by atomic mass is 9.79. The number of aliphatic hydroxyl groups is 1. The maximum absolute atomic E-state index is 9.40. The van der Waals surface area contributed by atoms with Gasteiger partial charge in [0.15, 0.2) is 0 Å². The molecule has 2 N–H and O–H groups in total. The highest BCUT2D eigenvalue weighted by atomic mass is 35.5. The largest absolute Gasteiger partial charge is 0.396 e. The van der Waals surface area contributed by atoms with Gasteiger partial charge in [-0.15, -0.1) is 0 Å². The molecule has 2 rings (SSSR count). The van der Waals surface area contributed by atoms with Gasteiger partial charge in [-0.2, -0.15) is 0 Å². The number of halogens is 1. The Balaban J connectivity index is 1.80. The molecule has 1 aromatic carbocycles. The van der Waals surface area contributed by atoms with Crippen LogP contribution in [0.1, 0.15) is 36.8 Å². The topological polar surface area (TPSA) is 32.3 Å². The van der Waals surface area contributed by atoms with Crippen molar-refractivity contribution in [2.45, 2.75) is 39.2 Å². The van der Waals surface area contributed by atoms with Gasteiger partial charge in [0.25, 0.3) is 0 Å². The van der Waals surface area contributed by atoms with Gasteiger partial charge in [0, 0.05) is 18.2 Å². The summed E-state index contributed by atoms with van der Waals surface area (Å²) >= 11 is 6.13. The third kappa shape index (κ3) is 4.20. The lowest BCUT2D eigenvalue weighted by Crippen LogP contribution is -2.32. The maximum atomic E-state index is 9.40. The molecule has 0 spiro atoms. The number of benzene rings is 1. The quantitative estimate of drug-likeness (QED) is 0.865. The molecule has 0 aromatic heterocycles. The Morgan fingerprint density at radius 1 is 1.26 bits per heavy atom. The van der Waals surface area contributed by atoms with Crippen LogP contribution < -0.4 is 5.32 Å². The van der Waals surface area contributed by atoms with Crippen LogP contribution in [-0.4, -0.2) is 18.3 Å². The summed E-state index contributed by atoms with van der Waals surface area (Å²) in [5.41, 5.74) is 2.35. The minimum atomic E-state index is 0.336. The highest BCUT2D eigenvalue weighted by Crippen LogP contribution is 2.29. The molecule has 1 aliphatic rings. The van der Waals surface area contributed by atoms with Gasteiger partial charge in [0.1, 0.15) is 0 Å². The molecule has 0 amide bonds. The minimum Gasteiger partial charge on any atom is -0.396 e. The Bertz CT molecular complexity index is 408. The molecule has 19 heavy (non-hydrogen) atoms. The number of hydrogen-bond donors (Lipinski definition) is 2. The molecule has 1 fully saturated rings. The van der Waals surface area contributed by atoms with Gasteiger partial charge in [-0.05, 0) is 55.3 Å². The molecule has 0 saturated heterocycles. The molecule has 2 atom stereocenters. The second-order valence-corrected chi connectivity index (χ2v) is 6.11. The van der Waals surface area contributed by atoms with E-state index in [9.17, 15) is 5.11 Å². The van der Waals surface area contributed by atoms with Crippen LogP contribution in [-0.2, 0) is 6.54 Å². The second kappa shape index (κ2) is 7.28. The predicted octanol–water partition coefficient (Wildman–Crippen LogP) is 3.54. The number of hydrogen-bond acceptors (Lipinski definition) is 2. The summed E-state index contributed by atoms with van der Waals surface area (Å²) in [5.74, 6) is 1.11. The molecule has 3 heteroatoms. The van der Waals surface area contributed by atoms with Gasteiger partial charge >= 0.3 is 0 Å². The normalized spacial score (nSPS) is 23.5. The lowest BCUT2D eigenvalue weighted by Gasteiger charge is -2.30. The first-order valence-corrected chi connectivity index (χ1v) is 7.65. The highest BCUT2D eigenvalue weighted by molar-refractivity contribution is 6.31. The lowest BCUT2D eigenvalue weighted by molar-refractivity contribution is 0.133. The molecule has 2 nitrogen and oxygen atoms in total. The van der Waals surface area contributed by atoms with E-state index in [0.717, 1.165) is 23.7 Å². The Kier molecular flexibility index (Phi) is 5.68. The first-order chi connectivity index (χ1) is 9.20. The molecular weight excluding hydrogens is 258 g/mol. The second-order valence-electron chi connectivity index (χ2n) is 5.70. The van der Waals surface area contributed by atoms with Gasteiger partial charge in [-0.3, -0.25) is 0 Å². The van der Waals surface area contributed by atoms with Crippen molar-refractivity contribution in [1.29, 1.82) is 0 Å². The van der Waals surface area contributed by atoms with Crippen LogP contribution in [0.5, 0.6) is 0 Å². The Morgan fingerprint density at radius 3 is 2.68 bits per heavy atom. The van der Waals surface area contributed by atoms with Crippen LogP contribution in [0.4, 0.5) is 0 Å². The van der Waals surface area contributed by atoms with Crippen molar-refractivity contribution < 1.29 is 5.11 Å². The number of aliphatic hydroxyl groups excluding tert-OH is 1. The van der Waals surface area contributed by atoms with Crippen molar-refractivity contribution in [1.82, 2.24) is 5.32 Å². The summed E-state index contributed by atoms with van der Waals surface area (Å²) in [5, 5.41) is 13.8. The van der Waals surface area contributed by atoms with Crippen molar-refractivity contribution >= 4 is 11.6 Å². The van der Waals surface area contributed by atoms with Crippen LogP contribution in [0.25, 0.3) is 0 Å². The molecule has 1 saturated carbocycles. The minimum absolute atomic E-state index is 0.336. The third-order valence-corrected chi connectivity index (χ3v) is 4.68. The Morgan fingerprint density at radius 2 is 2.00 bits per heavy atom. The van der Waals surface area contributed by atoms with Gasteiger partial charge < -0.3 is 10.4 Å². The van der Waals surface area contributed by atoms with Crippen LogP contribution in [0.3, 0.4) is 0 Å². The molecular formula is C16H24ClNO. The fourth-order valence-corrected chi connectivity index (χ4v) is 3.14. The Labute approximate surface area is 121 Å². The fourth-order valence-electron chi connectivity index (χ4n) is 2.94.